The lowest BCUT2D eigenvalue weighted by atomic mass is 10.0. The largest absolute Gasteiger partial charge is 0.241 e. The molecular weight excluding hydrogens is 303 g/mol. The molecule has 21 heavy (non-hydrogen) atoms. The molecule has 1 aromatic heterocycles. The molecule has 0 N–H and O–H groups in total. The zero-order valence-electron chi connectivity index (χ0n) is 11.5. The van der Waals surface area contributed by atoms with Crippen LogP contribution < -0.4 is 0 Å². The van der Waals surface area contributed by atoms with E-state index in [9.17, 15) is 0 Å². The predicted molar refractivity (Wildman–Crippen MR) is 87.4 cm³/mol. The molecular formula is C17H14Cl2N2. The molecule has 2 nitrogen and oxygen atoms in total. The summed E-state index contributed by atoms with van der Waals surface area (Å²) in [4.78, 5) is 0. The second-order valence-corrected chi connectivity index (χ2v) is 5.79. The van der Waals surface area contributed by atoms with E-state index in [1.807, 2.05) is 66.3 Å². The van der Waals surface area contributed by atoms with Crippen molar-refractivity contribution < 1.29 is 0 Å². The van der Waals surface area contributed by atoms with Gasteiger partial charge in [-0.15, -0.1) is 11.6 Å². The Morgan fingerprint density at radius 2 is 1.86 bits per heavy atom. The zero-order chi connectivity index (χ0) is 14.8. The normalized spacial score (nSPS) is 12.3. The third kappa shape index (κ3) is 2.97. The fraction of sp³-hybridized carbons (Fsp3) is 0.118. The lowest BCUT2D eigenvalue weighted by Crippen LogP contribution is -1.96. The maximum atomic E-state index is 6.60. The van der Waals surface area contributed by atoms with Crippen molar-refractivity contribution in [3.05, 3.63) is 82.6 Å². The van der Waals surface area contributed by atoms with Gasteiger partial charge in [-0.3, -0.25) is 0 Å². The second kappa shape index (κ2) is 5.92. The van der Waals surface area contributed by atoms with Crippen molar-refractivity contribution in [3.8, 4) is 5.69 Å². The summed E-state index contributed by atoms with van der Waals surface area (Å²) in [6.45, 7) is 2.03. The molecule has 3 rings (SSSR count). The number of hydrogen-bond acceptors (Lipinski definition) is 1. The van der Waals surface area contributed by atoms with E-state index in [1.165, 1.54) is 0 Å². The van der Waals surface area contributed by atoms with E-state index in [-0.39, 0.29) is 5.38 Å². The first kappa shape index (κ1) is 14.2. The summed E-state index contributed by atoms with van der Waals surface area (Å²) in [6.07, 6.45) is 3.75. The molecule has 1 unspecified atom stereocenters. The number of aromatic nitrogens is 2. The van der Waals surface area contributed by atoms with E-state index in [4.69, 9.17) is 23.2 Å². The van der Waals surface area contributed by atoms with Crippen LogP contribution in [0.25, 0.3) is 5.69 Å². The fourth-order valence-electron chi connectivity index (χ4n) is 2.25. The van der Waals surface area contributed by atoms with Gasteiger partial charge in [0.25, 0.3) is 0 Å². The van der Waals surface area contributed by atoms with Gasteiger partial charge in [0.05, 0.1) is 17.3 Å². The van der Waals surface area contributed by atoms with Crippen molar-refractivity contribution in [2.24, 2.45) is 0 Å². The Morgan fingerprint density at radius 1 is 1.10 bits per heavy atom. The van der Waals surface area contributed by atoms with E-state index < -0.39 is 0 Å². The Morgan fingerprint density at radius 3 is 2.62 bits per heavy atom. The van der Waals surface area contributed by atoms with Crippen molar-refractivity contribution in [1.82, 2.24) is 9.78 Å². The molecule has 0 amide bonds. The Balaban J connectivity index is 1.94. The second-order valence-electron chi connectivity index (χ2n) is 4.92. The minimum Gasteiger partial charge on any atom is -0.241 e. The highest BCUT2D eigenvalue weighted by Gasteiger charge is 2.16. The average Bonchev–Trinajstić information content (AvgIpc) is 3.00. The molecule has 0 aliphatic heterocycles. The quantitative estimate of drug-likeness (QED) is 0.610. The van der Waals surface area contributed by atoms with E-state index in [0.717, 1.165) is 22.4 Å². The van der Waals surface area contributed by atoms with E-state index in [0.29, 0.717) is 5.02 Å². The van der Waals surface area contributed by atoms with Gasteiger partial charge in [0.15, 0.2) is 0 Å². The maximum Gasteiger partial charge on any atom is 0.0869 e. The van der Waals surface area contributed by atoms with Crippen LogP contribution in [0.4, 0.5) is 0 Å². The molecule has 2 aromatic carbocycles. The van der Waals surface area contributed by atoms with E-state index in [2.05, 4.69) is 5.10 Å². The van der Waals surface area contributed by atoms with E-state index >= 15 is 0 Å². The number of alkyl halides is 1. The topological polar surface area (TPSA) is 17.8 Å². The van der Waals surface area contributed by atoms with Gasteiger partial charge < -0.3 is 0 Å². The van der Waals surface area contributed by atoms with Crippen LogP contribution in [0.5, 0.6) is 0 Å². The molecule has 0 bridgehead atoms. The number of halogens is 2. The highest BCUT2D eigenvalue weighted by Crippen LogP contribution is 2.32. The Labute approximate surface area is 133 Å². The van der Waals surface area contributed by atoms with Crippen LogP contribution in [-0.2, 0) is 0 Å². The first-order chi connectivity index (χ1) is 10.1. The van der Waals surface area contributed by atoms with Crippen LogP contribution >= 0.6 is 23.2 Å². The molecule has 0 saturated carbocycles. The molecule has 1 heterocycles. The molecule has 1 atom stereocenters. The minimum absolute atomic E-state index is 0.263. The molecule has 0 aliphatic rings. The van der Waals surface area contributed by atoms with Crippen LogP contribution in [0, 0.1) is 6.92 Å². The molecule has 0 spiro atoms. The molecule has 0 fully saturated rings. The van der Waals surface area contributed by atoms with Gasteiger partial charge in [-0.05, 0) is 42.3 Å². The zero-order valence-corrected chi connectivity index (χ0v) is 13.0. The molecule has 4 heteroatoms. The highest BCUT2D eigenvalue weighted by molar-refractivity contribution is 6.31. The lowest BCUT2D eigenvalue weighted by molar-refractivity contribution is 0.880. The van der Waals surface area contributed by atoms with Crippen LogP contribution in [0.1, 0.15) is 22.1 Å². The van der Waals surface area contributed by atoms with Crippen molar-refractivity contribution in [1.29, 1.82) is 0 Å². The van der Waals surface area contributed by atoms with E-state index in [1.54, 1.807) is 6.20 Å². The third-order valence-electron chi connectivity index (χ3n) is 3.43. The summed E-state index contributed by atoms with van der Waals surface area (Å²) in [6, 6.07) is 15.7. The van der Waals surface area contributed by atoms with Gasteiger partial charge in [0.1, 0.15) is 0 Å². The molecule has 0 radical (unpaired) electrons. The summed E-state index contributed by atoms with van der Waals surface area (Å²) in [5.41, 5.74) is 4.09. The molecule has 0 aliphatic carbocycles. The summed E-state index contributed by atoms with van der Waals surface area (Å²) in [5.74, 6) is 0. The van der Waals surface area contributed by atoms with Crippen molar-refractivity contribution in [3.63, 3.8) is 0 Å². The Kier molecular flexibility index (Phi) is 4.00. The van der Waals surface area contributed by atoms with Crippen LogP contribution in [0.15, 0.2) is 60.9 Å². The van der Waals surface area contributed by atoms with Crippen LogP contribution in [0.3, 0.4) is 0 Å². The van der Waals surface area contributed by atoms with Crippen LogP contribution in [-0.4, -0.2) is 9.78 Å². The van der Waals surface area contributed by atoms with Crippen molar-refractivity contribution in [2.45, 2.75) is 12.3 Å². The fourth-order valence-corrected chi connectivity index (χ4v) is 2.78. The monoisotopic (exact) mass is 316 g/mol. The summed E-state index contributed by atoms with van der Waals surface area (Å²) in [5, 5.41) is 4.81. The maximum absolute atomic E-state index is 6.60. The lowest BCUT2D eigenvalue weighted by Gasteiger charge is -2.11. The standard InChI is InChI=1S/C17H14Cl2N2/c1-12-7-8-14(18)9-16(12)17(19)13-10-20-21(11-13)15-5-3-2-4-6-15/h2-11,17H,1H3. The Bertz CT molecular complexity index is 750. The number of benzene rings is 2. The predicted octanol–water partition coefficient (Wildman–Crippen LogP) is 5.16. The highest BCUT2D eigenvalue weighted by atomic mass is 35.5. The van der Waals surface area contributed by atoms with Crippen LogP contribution in [0.2, 0.25) is 5.02 Å². The first-order valence-electron chi connectivity index (χ1n) is 6.65. The summed E-state index contributed by atoms with van der Waals surface area (Å²) >= 11 is 12.7. The van der Waals surface area contributed by atoms with Gasteiger partial charge in [-0.25, -0.2) is 4.68 Å². The van der Waals surface area contributed by atoms with Gasteiger partial charge in [-0.2, -0.15) is 5.10 Å². The van der Waals surface area contributed by atoms with Crippen molar-refractivity contribution >= 4 is 23.2 Å². The first-order valence-corrected chi connectivity index (χ1v) is 7.47. The SMILES string of the molecule is Cc1ccc(Cl)cc1C(Cl)c1cnn(-c2ccccc2)c1. The number of nitrogens with zero attached hydrogens (tertiary/aromatic N) is 2. The number of para-hydroxylation sites is 1. The number of rotatable bonds is 3. The third-order valence-corrected chi connectivity index (χ3v) is 4.15. The number of hydrogen-bond donors (Lipinski definition) is 0. The average molecular weight is 317 g/mol. The summed E-state index contributed by atoms with van der Waals surface area (Å²) < 4.78 is 1.82. The summed E-state index contributed by atoms with van der Waals surface area (Å²) in [7, 11) is 0. The van der Waals surface area contributed by atoms with Crippen molar-refractivity contribution in [2.75, 3.05) is 0 Å². The molecule has 3 aromatic rings. The van der Waals surface area contributed by atoms with Gasteiger partial charge in [0, 0.05) is 16.8 Å². The smallest absolute Gasteiger partial charge is 0.0869 e. The minimum atomic E-state index is -0.263. The number of aryl methyl sites for hydroxylation is 1. The Hall–Kier alpha value is -1.77. The molecule has 0 saturated heterocycles. The van der Waals surface area contributed by atoms with Gasteiger partial charge >= 0.3 is 0 Å². The van der Waals surface area contributed by atoms with Gasteiger partial charge in [-0.1, -0.05) is 35.9 Å². The van der Waals surface area contributed by atoms with Gasteiger partial charge in [0.2, 0.25) is 0 Å². The molecule has 106 valence electrons.